The van der Waals surface area contributed by atoms with E-state index in [2.05, 4.69) is 63.1 Å². The minimum atomic E-state index is 0.711. The molecule has 3 saturated heterocycles. The van der Waals surface area contributed by atoms with Gasteiger partial charge in [-0.05, 0) is 77.6 Å². The highest BCUT2D eigenvalue weighted by molar-refractivity contribution is 8.00. The van der Waals surface area contributed by atoms with Gasteiger partial charge in [0.1, 0.15) is 0 Å². The fraction of sp³-hybridized carbons (Fsp3) is 1.00. The Morgan fingerprint density at radius 3 is 2.00 bits per heavy atom. The van der Waals surface area contributed by atoms with Gasteiger partial charge < -0.3 is 0 Å². The van der Waals surface area contributed by atoms with Crippen molar-refractivity contribution >= 4 is 11.8 Å². The van der Waals surface area contributed by atoms with Crippen LogP contribution < -0.4 is 0 Å². The largest absolute Gasteiger partial charge is 0.294 e. The number of hydrogen-bond acceptors (Lipinski definition) is 3. The van der Waals surface area contributed by atoms with Crippen LogP contribution in [-0.2, 0) is 0 Å². The molecule has 0 spiro atoms. The van der Waals surface area contributed by atoms with E-state index in [1.165, 1.54) is 32.1 Å². The topological polar surface area (TPSA) is 6.48 Å². The summed E-state index contributed by atoms with van der Waals surface area (Å²) in [4.78, 5) is 5.77. The molecule has 2 aliphatic carbocycles. The number of nitrogens with zero attached hydrogens (tertiary/aromatic N) is 2. The zero-order valence-electron chi connectivity index (χ0n) is 16.6. The van der Waals surface area contributed by atoms with Crippen LogP contribution in [0, 0.1) is 17.8 Å². The van der Waals surface area contributed by atoms with Crippen LogP contribution in [0.25, 0.3) is 0 Å². The lowest BCUT2D eigenvalue weighted by atomic mass is 9.86. The first kappa shape index (κ1) is 17.7. The standard InChI is InChI=1S/C21H38N2S/c1-12(2)19-10-15-9-18(11-20(15)23(19)14(5)6)24-21-16-7-17(8-16)22(21)13(3)4/h12-21H,7-11H2,1-6H3. The van der Waals surface area contributed by atoms with E-state index in [4.69, 9.17) is 0 Å². The summed E-state index contributed by atoms with van der Waals surface area (Å²) in [6.07, 6.45) is 7.38. The van der Waals surface area contributed by atoms with Crippen molar-refractivity contribution in [2.45, 2.75) is 114 Å². The van der Waals surface area contributed by atoms with Crippen molar-refractivity contribution < 1.29 is 0 Å². The summed E-state index contributed by atoms with van der Waals surface area (Å²) in [7, 11) is 0. The Labute approximate surface area is 154 Å². The molecular formula is C21H38N2S. The van der Waals surface area contributed by atoms with Crippen molar-refractivity contribution in [3.63, 3.8) is 0 Å². The molecule has 5 atom stereocenters. The SMILES string of the molecule is CC(C)C1CC2CC(SC3C4CC(C4)N3C(C)C)CC2N1C(C)C. The van der Waals surface area contributed by atoms with Crippen molar-refractivity contribution in [1.82, 2.24) is 9.80 Å². The molecule has 2 bridgehead atoms. The van der Waals surface area contributed by atoms with Gasteiger partial charge in [0.2, 0.25) is 0 Å². The highest BCUT2D eigenvalue weighted by atomic mass is 32.2. The molecule has 0 N–H and O–H groups in total. The molecule has 5 rings (SSSR count). The smallest absolute Gasteiger partial charge is 0.0594 e. The summed E-state index contributed by atoms with van der Waals surface area (Å²) < 4.78 is 0. The van der Waals surface area contributed by atoms with E-state index in [9.17, 15) is 0 Å². The van der Waals surface area contributed by atoms with E-state index < -0.39 is 0 Å². The molecule has 0 aromatic heterocycles. The quantitative estimate of drug-likeness (QED) is 0.701. The Hall–Kier alpha value is 0.270. The molecule has 3 aliphatic heterocycles. The van der Waals surface area contributed by atoms with E-state index in [-0.39, 0.29) is 0 Å². The second kappa shape index (κ2) is 6.46. The highest BCUT2D eigenvalue weighted by Gasteiger charge is 2.54. The van der Waals surface area contributed by atoms with Gasteiger partial charge >= 0.3 is 0 Å². The number of fused-ring (bicyclic) bond motifs is 2. The summed E-state index contributed by atoms with van der Waals surface area (Å²) in [5, 5.41) is 1.76. The monoisotopic (exact) mass is 350 g/mol. The van der Waals surface area contributed by atoms with Gasteiger partial charge in [0.15, 0.2) is 0 Å². The van der Waals surface area contributed by atoms with Crippen LogP contribution in [-0.4, -0.2) is 50.6 Å². The molecule has 5 fully saturated rings. The van der Waals surface area contributed by atoms with Gasteiger partial charge in [-0.15, -0.1) is 11.8 Å². The van der Waals surface area contributed by atoms with Gasteiger partial charge in [-0.1, -0.05) is 13.8 Å². The molecular weight excluding hydrogens is 312 g/mol. The molecule has 0 aromatic carbocycles. The molecule has 138 valence electrons. The van der Waals surface area contributed by atoms with Crippen LogP contribution >= 0.6 is 11.8 Å². The Bertz CT molecular complexity index is 457. The van der Waals surface area contributed by atoms with Crippen LogP contribution in [0.15, 0.2) is 0 Å². The van der Waals surface area contributed by atoms with Crippen molar-refractivity contribution in [2.24, 2.45) is 17.8 Å². The third kappa shape index (κ3) is 2.77. The van der Waals surface area contributed by atoms with Crippen LogP contribution in [0.4, 0.5) is 0 Å². The van der Waals surface area contributed by atoms with E-state index in [1.54, 1.807) is 0 Å². The summed E-state index contributed by atoms with van der Waals surface area (Å²) in [5.41, 5.74) is 0. The Kier molecular flexibility index (Phi) is 4.76. The van der Waals surface area contributed by atoms with E-state index in [0.29, 0.717) is 6.04 Å². The summed E-state index contributed by atoms with van der Waals surface area (Å²) in [6.45, 7) is 14.5. The number of rotatable bonds is 5. The van der Waals surface area contributed by atoms with Gasteiger partial charge in [0, 0.05) is 35.5 Å². The van der Waals surface area contributed by atoms with Crippen molar-refractivity contribution in [3.05, 3.63) is 0 Å². The average molecular weight is 351 g/mol. The van der Waals surface area contributed by atoms with Gasteiger partial charge in [0.25, 0.3) is 0 Å². The van der Waals surface area contributed by atoms with E-state index >= 15 is 0 Å². The number of likely N-dealkylation sites (tertiary alicyclic amines) is 1. The Balaban J connectivity index is 1.41. The normalized spacial score (nSPS) is 45.6. The van der Waals surface area contributed by atoms with E-state index in [1.807, 2.05) is 0 Å². The molecule has 24 heavy (non-hydrogen) atoms. The molecule has 5 aliphatic rings. The van der Waals surface area contributed by atoms with Crippen molar-refractivity contribution in [2.75, 3.05) is 0 Å². The van der Waals surface area contributed by atoms with E-state index in [0.717, 1.165) is 52.5 Å². The summed E-state index contributed by atoms with van der Waals surface area (Å²) in [5.74, 6) is 2.79. The van der Waals surface area contributed by atoms with Crippen molar-refractivity contribution in [3.8, 4) is 0 Å². The highest BCUT2D eigenvalue weighted by Crippen LogP contribution is 2.55. The maximum Gasteiger partial charge on any atom is 0.0594 e. The second-order valence-electron chi connectivity index (χ2n) is 9.96. The van der Waals surface area contributed by atoms with Crippen LogP contribution in [0.5, 0.6) is 0 Å². The fourth-order valence-corrected chi connectivity index (χ4v) is 8.56. The zero-order chi connectivity index (χ0) is 17.2. The fourth-order valence-electron chi connectivity index (χ4n) is 6.49. The maximum absolute atomic E-state index is 2.91. The molecule has 3 heterocycles. The lowest BCUT2D eigenvalue weighted by Gasteiger charge is -2.36. The average Bonchev–Trinajstić information content (AvgIpc) is 3.12. The number of hydrogen-bond donors (Lipinski definition) is 0. The van der Waals surface area contributed by atoms with Gasteiger partial charge in [0.05, 0.1) is 5.37 Å². The Morgan fingerprint density at radius 2 is 1.42 bits per heavy atom. The summed E-state index contributed by atoms with van der Waals surface area (Å²) >= 11 is 2.38. The maximum atomic E-state index is 2.91. The molecule has 2 nitrogen and oxygen atoms in total. The molecule has 2 saturated carbocycles. The van der Waals surface area contributed by atoms with Crippen LogP contribution in [0.1, 0.15) is 73.6 Å². The lowest BCUT2D eigenvalue weighted by Crippen LogP contribution is -2.44. The minimum absolute atomic E-state index is 0.711. The zero-order valence-corrected chi connectivity index (χ0v) is 17.4. The first-order valence-corrected chi connectivity index (χ1v) is 11.5. The van der Waals surface area contributed by atoms with Gasteiger partial charge in [-0.25, -0.2) is 0 Å². The molecule has 0 aromatic rings. The second-order valence-corrected chi connectivity index (χ2v) is 11.4. The predicted octanol–water partition coefficient (Wildman–Crippen LogP) is 4.83. The molecule has 5 unspecified atom stereocenters. The molecule has 3 heteroatoms. The Morgan fingerprint density at radius 1 is 0.750 bits per heavy atom. The van der Waals surface area contributed by atoms with Gasteiger partial charge in [-0.2, -0.15) is 0 Å². The first-order valence-electron chi connectivity index (χ1n) is 10.6. The first-order chi connectivity index (χ1) is 11.4. The number of thioether (sulfide) groups is 1. The third-order valence-corrected chi connectivity index (χ3v) is 9.16. The molecule has 0 amide bonds. The van der Waals surface area contributed by atoms with Crippen LogP contribution in [0.3, 0.4) is 0 Å². The molecule has 0 radical (unpaired) electrons. The van der Waals surface area contributed by atoms with Crippen LogP contribution in [0.2, 0.25) is 0 Å². The predicted molar refractivity (Wildman–Crippen MR) is 105 cm³/mol. The third-order valence-electron chi connectivity index (χ3n) is 7.49. The minimum Gasteiger partial charge on any atom is -0.294 e. The lowest BCUT2D eigenvalue weighted by molar-refractivity contribution is 0.116. The van der Waals surface area contributed by atoms with Crippen molar-refractivity contribution in [1.29, 1.82) is 0 Å². The summed E-state index contributed by atoms with van der Waals surface area (Å²) in [6, 6.07) is 4.07. The van der Waals surface area contributed by atoms with Gasteiger partial charge in [-0.3, -0.25) is 9.80 Å².